The Morgan fingerprint density at radius 2 is 1.73 bits per heavy atom. The first-order chi connectivity index (χ1) is 19.8. The lowest BCUT2D eigenvalue weighted by atomic mass is 9.92. The standard InChI is InChI=1S/C30H32ClF2N7O/c1-18(2)17-40(21-8-4-3-5-9-21)28-25(33)14-19(22-10-6-7-11-23(22)29-36-38-39-37-29)15-27(28)35-30(41)34-26-13-12-20(31)16-24(26)32/h6-7,10-16,18,21H,3-5,8-9,17H2,1-2H3,(H2,34,35,41)(H,36,37,38,39). The summed E-state index contributed by atoms with van der Waals surface area (Å²) in [4.78, 5) is 15.3. The molecule has 2 amide bonds. The molecule has 0 atom stereocenters. The number of nitrogens with one attached hydrogen (secondary N) is 3. The molecule has 0 radical (unpaired) electrons. The molecule has 8 nitrogen and oxygen atoms in total. The van der Waals surface area contributed by atoms with E-state index in [-0.39, 0.29) is 28.4 Å². The molecule has 0 aliphatic heterocycles. The number of tetrazole rings is 1. The smallest absolute Gasteiger partial charge is 0.323 e. The minimum Gasteiger partial charge on any atom is -0.364 e. The summed E-state index contributed by atoms with van der Waals surface area (Å²) >= 11 is 5.87. The van der Waals surface area contributed by atoms with Crippen molar-refractivity contribution in [3.63, 3.8) is 0 Å². The number of H-pyrrole nitrogens is 1. The maximum Gasteiger partial charge on any atom is 0.323 e. The Balaban J connectivity index is 1.59. The van der Waals surface area contributed by atoms with Gasteiger partial charge in [0.25, 0.3) is 0 Å². The number of hydrogen-bond acceptors (Lipinski definition) is 5. The molecule has 3 aromatic carbocycles. The summed E-state index contributed by atoms with van der Waals surface area (Å²) in [6.07, 6.45) is 5.17. The number of carbonyl (C=O) groups is 1. The zero-order valence-corrected chi connectivity index (χ0v) is 23.7. The van der Waals surface area contributed by atoms with Crippen molar-refractivity contribution in [1.82, 2.24) is 20.6 Å². The lowest BCUT2D eigenvalue weighted by molar-refractivity contribution is 0.262. The van der Waals surface area contributed by atoms with Crippen LogP contribution in [0.2, 0.25) is 5.02 Å². The monoisotopic (exact) mass is 579 g/mol. The van der Waals surface area contributed by atoms with Gasteiger partial charge >= 0.3 is 6.03 Å². The minimum atomic E-state index is -0.705. The number of halogens is 3. The van der Waals surface area contributed by atoms with Gasteiger partial charge in [-0.25, -0.2) is 13.6 Å². The topological polar surface area (TPSA) is 98.8 Å². The predicted octanol–water partition coefficient (Wildman–Crippen LogP) is 7.90. The molecule has 5 rings (SSSR count). The van der Waals surface area contributed by atoms with Crippen LogP contribution in [0.25, 0.3) is 22.5 Å². The summed E-state index contributed by atoms with van der Waals surface area (Å²) in [5.41, 5.74) is 2.39. The van der Waals surface area contributed by atoms with Gasteiger partial charge in [0.05, 0.1) is 17.1 Å². The molecule has 11 heteroatoms. The molecule has 214 valence electrons. The first kappa shape index (κ1) is 28.5. The zero-order chi connectivity index (χ0) is 28.9. The van der Waals surface area contributed by atoms with Gasteiger partial charge in [-0.2, -0.15) is 5.21 Å². The third-order valence-electron chi connectivity index (χ3n) is 7.18. The molecule has 1 aliphatic rings. The summed E-state index contributed by atoms with van der Waals surface area (Å²) in [6.45, 7) is 4.79. The van der Waals surface area contributed by atoms with Crippen molar-refractivity contribution in [2.75, 3.05) is 22.1 Å². The van der Waals surface area contributed by atoms with Crippen LogP contribution in [0.15, 0.2) is 54.6 Å². The van der Waals surface area contributed by atoms with Gasteiger partial charge in [0.1, 0.15) is 11.6 Å². The highest BCUT2D eigenvalue weighted by molar-refractivity contribution is 6.30. The van der Waals surface area contributed by atoms with E-state index in [2.05, 4.69) is 50.0 Å². The van der Waals surface area contributed by atoms with Crippen LogP contribution in [0, 0.1) is 17.6 Å². The van der Waals surface area contributed by atoms with E-state index in [4.69, 9.17) is 11.6 Å². The third kappa shape index (κ3) is 6.65. The maximum atomic E-state index is 16.4. The van der Waals surface area contributed by atoms with E-state index in [1.165, 1.54) is 18.2 Å². The van der Waals surface area contributed by atoms with Crippen LogP contribution in [0.1, 0.15) is 46.0 Å². The Morgan fingerprint density at radius 1 is 1.00 bits per heavy atom. The number of anilines is 3. The van der Waals surface area contributed by atoms with Crippen molar-refractivity contribution in [2.24, 2.45) is 5.92 Å². The Labute approximate surface area is 242 Å². The molecule has 0 bridgehead atoms. The summed E-state index contributed by atoms with van der Waals surface area (Å²) in [5, 5.41) is 19.8. The van der Waals surface area contributed by atoms with E-state index in [9.17, 15) is 9.18 Å². The van der Waals surface area contributed by atoms with Crippen molar-refractivity contribution in [1.29, 1.82) is 0 Å². The van der Waals surface area contributed by atoms with Crippen LogP contribution < -0.4 is 15.5 Å². The first-order valence-electron chi connectivity index (χ1n) is 13.8. The molecule has 41 heavy (non-hydrogen) atoms. The molecule has 1 heterocycles. The summed E-state index contributed by atoms with van der Waals surface area (Å²) < 4.78 is 30.8. The summed E-state index contributed by atoms with van der Waals surface area (Å²) in [6, 6.07) is 13.9. The number of hydrogen-bond donors (Lipinski definition) is 3. The number of urea groups is 1. The van der Waals surface area contributed by atoms with Crippen LogP contribution in [0.5, 0.6) is 0 Å². The lowest BCUT2D eigenvalue weighted by Gasteiger charge is -2.38. The van der Waals surface area contributed by atoms with Gasteiger partial charge in [-0.15, -0.1) is 10.2 Å². The molecule has 1 aliphatic carbocycles. The van der Waals surface area contributed by atoms with Crippen LogP contribution in [-0.2, 0) is 0 Å². The molecule has 0 unspecified atom stereocenters. The Bertz CT molecular complexity index is 1510. The number of aromatic nitrogens is 4. The molecular formula is C30H32ClF2N7O. The van der Waals surface area contributed by atoms with E-state index in [0.29, 0.717) is 34.7 Å². The normalized spacial score (nSPS) is 13.8. The highest BCUT2D eigenvalue weighted by Gasteiger charge is 2.28. The fourth-order valence-electron chi connectivity index (χ4n) is 5.42. The first-order valence-corrected chi connectivity index (χ1v) is 14.1. The van der Waals surface area contributed by atoms with Gasteiger partial charge in [-0.05, 0) is 65.4 Å². The number of nitrogens with zero attached hydrogens (tertiary/aromatic N) is 4. The van der Waals surface area contributed by atoms with Gasteiger partial charge in [-0.3, -0.25) is 0 Å². The van der Waals surface area contributed by atoms with E-state index in [1.807, 2.05) is 24.3 Å². The molecule has 4 aromatic rings. The van der Waals surface area contributed by atoms with Gasteiger partial charge in [-0.1, -0.05) is 69.0 Å². The average Bonchev–Trinajstić information content (AvgIpc) is 3.49. The van der Waals surface area contributed by atoms with Gasteiger partial charge in [0.2, 0.25) is 5.82 Å². The number of aromatic amines is 1. The fraction of sp³-hybridized carbons (Fsp3) is 0.333. The van der Waals surface area contributed by atoms with Crippen molar-refractivity contribution in [2.45, 2.75) is 52.0 Å². The molecule has 3 N–H and O–H groups in total. The predicted molar refractivity (Wildman–Crippen MR) is 158 cm³/mol. The van der Waals surface area contributed by atoms with Crippen molar-refractivity contribution in [3.05, 3.63) is 71.3 Å². The molecule has 1 fully saturated rings. The van der Waals surface area contributed by atoms with Gasteiger partial charge < -0.3 is 15.5 Å². The highest BCUT2D eigenvalue weighted by atomic mass is 35.5. The number of amides is 2. The van der Waals surface area contributed by atoms with E-state index in [1.54, 1.807) is 6.07 Å². The molecule has 1 saturated carbocycles. The second kappa shape index (κ2) is 12.6. The Hall–Kier alpha value is -4.05. The quantitative estimate of drug-likeness (QED) is 0.197. The fourth-order valence-corrected chi connectivity index (χ4v) is 5.58. The van der Waals surface area contributed by atoms with Crippen LogP contribution in [0.4, 0.5) is 30.6 Å². The minimum absolute atomic E-state index is 0.0427. The van der Waals surface area contributed by atoms with E-state index in [0.717, 1.165) is 38.2 Å². The zero-order valence-electron chi connectivity index (χ0n) is 22.9. The van der Waals surface area contributed by atoms with Gasteiger partial charge in [0.15, 0.2) is 0 Å². The SMILES string of the molecule is CC(C)CN(c1c(F)cc(-c2ccccc2-c2nn[nH]n2)cc1NC(=O)Nc1ccc(Cl)cc1F)C1CCCCC1. The highest BCUT2D eigenvalue weighted by Crippen LogP contribution is 2.40. The summed E-state index contributed by atoms with van der Waals surface area (Å²) in [5.74, 6) is -0.533. The third-order valence-corrected chi connectivity index (χ3v) is 7.41. The largest absolute Gasteiger partial charge is 0.364 e. The molecule has 0 saturated heterocycles. The summed E-state index contributed by atoms with van der Waals surface area (Å²) in [7, 11) is 0. The lowest BCUT2D eigenvalue weighted by Crippen LogP contribution is -2.40. The average molecular weight is 580 g/mol. The van der Waals surface area contributed by atoms with Crippen LogP contribution in [0.3, 0.4) is 0 Å². The van der Waals surface area contributed by atoms with Crippen molar-refractivity contribution in [3.8, 4) is 22.5 Å². The van der Waals surface area contributed by atoms with Crippen LogP contribution in [-0.4, -0.2) is 39.2 Å². The second-order valence-corrected chi connectivity index (χ2v) is 11.1. The molecular weight excluding hydrogens is 548 g/mol. The van der Waals surface area contributed by atoms with E-state index >= 15 is 4.39 Å². The molecule has 1 aromatic heterocycles. The number of carbonyl (C=O) groups excluding carboxylic acids is 1. The Morgan fingerprint density at radius 3 is 2.41 bits per heavy atom. The van der Waals surface area contributed by atoms with Gasteiger partial charge in [0, 0.05) is 23.2 Å². The second-order valence-electron chi connectivity index (χ2n) is 10.7. The number of benzene rings is 3. The Kier molecular flexibility index (Phi) is 8.78. The number of rotatable bonds is 8. The maximum absolute atomic E-state index is 16.4. The molecule has 0 spiro atoms. The van der Waals surface area contributed by atoms with Crippen molar-refractivity contribution < 1.29 is 13.6 Å². The van der Waals surface area contributed by atoms with Crippen LogP contribution >= 0.6 is 11.6 Å². The van der Waals surface area contributed by atoms with Crippen molar-refractivity contribution >= 4 is 34.7 Å². The van der Waals surface area contributed by atoms with E-state index < -0.39 is 17.7 Å².